The molecule has 1 aliphatic rings. The smallest absolute Gasteiger partial charge is 0.410 e. The Morgan fingerprint density at radius 2 is 2.23 bits per heavy atom. The molecule has 1 aliphatic heterocycles. The minimum Gasteiger partial charge on any atom is -0.450 e. The van der Waals surface area contributed by atoms with Crippen LogP contribution in [0, 0.1) is 21.4 Å². The molecule has 0 atom stereocenters. The number of nitrogens with zero attached hydrogens (tertiary/aromatic N) is 3. The van der Waals surface area contributed by atoms with Gasteiger partial charge < -0.3 is 15.0 Å². The Bertz CT molecular complexity index is 1030. The molecular formula is C20H20N4O5S. The van der Waals surface area contributed by atoms with Gasteiger partial charge in [0.1, 0.15) is 11.1 Å². The van der Waals surface area contributed by atoms with E-state index in [4.69, 9.17) is 4.74 Å². The number of carbonyl (C=O) groups is 2. The number of ether oxygens (including phenoxy) is 1. The summed E-state index contributed by atoms with van der Waals surface area (Å²) in [6.07, 6.45) is 0.607. The Labute approximate surface area is 177 Å². The molecule has 2 aromatic rings. The molecule has 1 aromatic carbocycles. The van der Waals surface area contributed by atoms with Gasteiger partial charge >= 0.3 is 6.09 Å². The lowest BCUT2D eigenvalue weighted by atomic mass is 10.0. The van der Waals surface area contributed by atoms with Crippen molar-refractivity contribution in [1.82, 2.24) is 4.90 Å². The largest absolute Gasteiger partial charge is 0.450 e. The second-order valence-electron chi connectivity index (χ2n) is 6.67. The first-order valence-corrected chi connectivity index (χ1v) is 10.2. The van der Waals surface area contributed by atoms with Gasteiger partial charge in [-0.1, -0.05) is 12.1 Å². The van der Waals surface area contributed by atoms with E-state index in [1.54, 1.807) is 24.0 Å². The number of nitriles is 1. The first-order chi connectivity index (χ1) is 14.4. The van der Waals surface area contributed by atoms with E-state index < -0.39 is 11.0 Å². The van der Waals surface area contributed by atoms with Gasteiger partial charge in [-0.15, -0.1) is 11.3 Å². The summed E-state index contributed by atoms with van der Waals surface area (Å²) in [5.74, 6) is -0.279. The van der Waals surface area contributed by atoms with Crippen molar-refractivity contribution in [3.8, 4) is 6.07 Å². The fourth-order valence-corrected chi connectivity index (χ4v) is 4.48. The number of nitro groups is 1. The number of hydrogen-bond acceptors (Lipinski definition) is 7. The Balaban J connectivity index is 1.66. The highest BCUT2D eigenvalue weighted by Gasteiger charge is 2.28. The summed E-state index contributed by atoms with van der Waals surface area (Å²) in [6, 6.07) is 8.32. The highest BCUT2D eigenvalue weighted by atomic mass is 32.1. The van der Waals surface area contributed by atoms with E-state index in [-0.39, 0.29) is 18.0 Å². The third-order valence-electron chi connectivity index (χ3n) is 4.71. The van der Waals surface area contributed by atoms with Crippen LogP contribution in [0.1, 0.15) is 34.9 Å². The van der Waals surface area contributed by atoms with Gasteiger partial charge in [0.15, 0.2) is 0 Å². The summed E-state index contributed by atoms with van der Waals surface area (Å²) < 4.78 is 5.04. The van der Waals surface area contributed by atoms with Crippen LogP contribution in [0.4, 0.5) is 15.5 Å². The molecule has 1 N–H and O–H groups in total. The molecule has 0 fully saturated rings. The molecule has 2 heterocycles. The number of nitro benzene ring substituents is 1. The topological polar surface area (TPSA) is 126 Å². The average molecular weight is 428 g/mol. The molecule has 0 unspecified atom stereocenters. The van der Waals surface area contributed by atoms with Crippen molar-refractivity contribution in [2.75, 3.05) is 18.5 Å². The lowest BCUT2D eigenvalue weighted by Gasteiger charge is -2.25. The van der Waals surface area contributed by atoms with Crippen LogP contribution < -0.4 is 5.32 Å². The molecule has 1 aromatic heterocycles. The molecule has 156 valence electrons. The molecule has 0 spiro atoms. The number of rotatable bonds is 6. The lowest BCUT2D eigenvalue weighted by Crippen LogP contribution is -2.35. The van der Waals surface area contributed by atoms with Crippen molar-refractivity contribution in [3.63, 3.8) is 0 Å². The van der Waals surface area contributed by atoms with Gasteiger partial charge in [-0.3, -0.25) is 14.9 Å². The second kappa shape index (κ2) is 9.37. The summed E-state index contributed by atoms with van der Waals surface area (Å²) in [5.41, 5.74) is 1.96. The normalized spacial score (nSPS) is 12.6. The van der Waals surface area contributed by atoms with Gasteiger partial charge in [0.25, 0.3) is 5.69 Å². The number of hydrogen-bond donors (Lipinski definition) is 1. The Hall–Kier alpha value is -3.45. The Morgan fingerprint density at radius 3 is 2.93 bits per heavy atom. The van der Waals surface area contributed by atoms with Crippen LogP contribution in [0.15, 0.2) is 24.3 Å². The molecule has 0 aliphatic carbocycles. The number of thiophene rings is 1. The van der Waals surface area contributed by atoms with E-state index in [9.17, 15) is 25.0 Å². The highest BCUT2D eigenvalue weighted by Crippen LogP contribution is 2.37. The van der Waals surface area contributed by atoms with Gasteiger partial charge in [0.05, 0.1) is 23.6 Å². The quantitative estimate of drug-likeness (QED) is 0.553. The SMILES string of the molecule is CCOC(=O)N1CCc2c(sc(NC(=O)CCc3cccc([N+](=O)[O-])c3)c2C#N)C1. The zero-order valence-electron chi connectivity index (χ0n) is 16.3. The van der Waals surface area contributed by atoms with Gasteiger partial charge in [0.2, 0.25) is 5.91 Å². The van der Waals surface area contributed by atoms with Crippen molar-refractivity contribution < 1.29 is 19.2 Å². The number of anilines is 1. The Morgan fingerprint density at radius 1 is 1.43 bits per heavy atom. The van der Waals surface area contributed by atoms with E-state index in [0.29, 0.717) is 48.7 Å². The fraction of sp³-hybridized carbons (Fsp3) is 0.350. The third kappa shape index (κ3) is 4.75. The molecule has 0 bridgehead atoms. The summed E-state index contributed by atoms with van der Waals surface area (Å²) in [6.45, 7) is 2.84. The first kappa shape index (κ1) is 21.3. The van der Waals surface area contributed by atoms with Crippen LogP contribution >= 0.6 is 11.3 Å². The molecule has 2 amide bonds. The minimum absolute atomic E-state index is 0.0169. The first-order valence-electron chi connectivity index (χ1n) is 9.42. The third-order valence-corrected chi connectivity index (χ3v) is 5.84. The monoisotopic (exact) mass is 428 g/mol. The van der Waals surface area contributed by atoms with Crippen molar-refractivity contribution in [3.05, 3.63) is 55.9 Å². The zero-order chi connectivity index (χ0) is 21.7. The molecule has 10 heteroatoms. The molecule has 0 saturated carbocycles. The van der Waals surface area contributed by atoms with E-state index in [1.165, 1.54) is 23.5 Å². The predicted molar refractivity (Wildman–Crippen MR) is 110 cm³/mol. The van der Waals surface area contributed by atoms with Crippen molar-refractivity contribution in [2.24, 2.45) is 0 Å². The maximum absolute atomic E-state index is 12.4. The minimum atomic E-state index is -0.474. The maximum Gasteiger partial charge on any atom is 0.410 e. The van der Waals surface area contributed by atoms with E-state index in [2.05, 4.69) is 11.4 Å². The van der Waals surface area contributed by atoms with Crippen LogP contribution in [-0.4, -0.2) is 35.0 Å². The van der Waals surface area contributed by atoms with Crippen LogP contribution in [0.5, 0.6) is 0 Å². The van der Waals surface area contributed by atoms with E-state index in [1.807, 2.05) is 0 Å². The fourth-order valence-electron chi connectivity index (χ4n) is 3.25. The molecule has 0 radical (unpaired) electrons. The van der Waals surface area contributed by atoms with Crippen molar-refractivity contribution >= 4 is 34.0 Å². The van der Waals surface area contributed by atoms with Crippen molar-refractivity contribution in [1.29, 1.82) is 5.26 Å². The summed E-state index contributed by atoms with van der Waals surface area (Å²) in [5, 5.41) is 23.7. The van der Waals surface area contributed by atoms with Gasteiger partial charge in [-0.05, 0) is 30.9 Å². The molecule has 9 nitrogen and oxygen atoms in total. The summed E-state index contributed by atoms with van der Waals surface area (Å²) in [7, 11) is 0. The second-order valence-corrected chi connectivity index (χ2v) is 7.77. The molecule has 30 heavy (non-hydrogen) atoms. The highest BCUT2D eigenvalue weighted by molar-refractivity contribution is 7.16. The van der Waals surface area contributed by atoms with Crippen LogP contribution in [0.2, 0.25) is 0 Å². The maximum atomic E-state index is 12.4. The standard InChI is InChI=1S/C20H20N4O5S/c1-2-29-20(26)23-9-8-15-16(11-21)19(30-17(15)12-23)22-18(25)7-6-13-4-3-5-14(10-13)24(27)28/h3-5,10H,2,6-9,12H2,1H3,(H,22,25). The van der Waals surface area contributed by atoms with E-state index in [0.717, 1.165) is 10.4 Å². The van der Waals surface area contributed by atoms with Crippen LogP contribution in [0.25, 0.3) is 0 Å². The summed E-state index contributed by atoms with van der Waals surface area (Å²) in [4.78, 5) is 37.2. The number of amides is 2. The van der Waals surface area contributed by atoms with E-state index >= 15 is 0 Å². The number of benzene rings is 1. The number of aryl methyl sites for hydroxylation is 1. The van der Waals surface area contributed by atoms with Gasteiger partial charge in [-0.25, -0.2) is 4.79 Å². The lowest BCUT2D eigenvalue weighted by molar-refractivity contribution is -0.384. The van der Waals surface area contributed by atoms with Gasteiger partial charge in [-0.2, -0.15) is 5.26 Å². The van der Waals surface area contributed by atoms with Crippen LogP contribution in [0.3, 0.4) is 0 Å². The molecule has 0 saturated heterocycles. The summed E-state index contributed by atoms with van der Waals surface area (Å²) >= 11 is 1.29. The molecule has 3 rings (SSSR count). The average Bonchev–Trinajstić information content (AvgIpc) is 3.08. The Kier molecular flexibility index (Phi) is 6.64. The molecular weight excluding hydrogens is 408 g/mol. The van der Waals surface area contributed by atoms with Crippen molar-refractivity contribution in [2.45, 2.75) is 32.7 Å². The number of carbonyl (C=O) groups excluding carboxylic acids is 2. The number of non-ortho nitro benzene ring substituents is 1. The number of nitrogens with one attached hydrogen (secondary N) is 1. The zero-order valence-corrected chi connectivity index (χ0v) is 17.2. The van der Waals surface area contributed by atoms with Crippen LogP contribution in [-0.2, 0) is 28.9 Å². The predicted octanol–water partition coefficient (Wildman–Crippen LogP) is 3.61. The number of fused-ring (bicyclic) bond motifs is 1. The van der Waals surface area contributed by atoms with Gasteiger partial charge in [0, 0.05) is 30.0 Å².